The number of hydrogen-bond donors (Lipinski definition) is 1. The highest BCUT2D eigenvalue weighted by molar-refractivity contribution is 6.02. The number of hydrogen-bond acceptors (Lipinski definition) is 2. The molecule has 0 unspecified atom stereocenters. The van der Waals surface area contributed by atoms with Crippen LogP contribution in [0.15, 0.2) is 22.3 Å². The number of aliphatic carboxylic acids is 1. The molecule has 3 nitrogen and oxygen atoms in total. The van der Waals surface area contributed by atoms with Crippen LogP contribution >= 0.6 is 0 Å². The number of ketones is 1. The fourth-order valence-corrected chi connectivity index (χ4v) is 1.69. The highest BCUT2D eigenvalue weighted by Crippen LogP contribution is 2.32. The van der Waals surface area contributed by atoms with Crippen LogP contribution in [0.5, 0.6) is 0 Å². The first-order valence-corrected chi connectivity index (χ1v) is 4.09. The lowest BCUT2D eigenvalue weighted by Crippen LogP contribution is -2.02. The zero-order valence-corrected chi connectivity index (χ0v) is 7.97. The Balaban J connectivity index is 3.16. The summed E-state index contributed by atoms with van der Waals surface area (Å²) in [6.07, 6.45) is 0.489. The van der Waals surface area contributed by atoms with Crippen LogP contribution in [0.2, 0.25) is 0 Å². The lowest BCUT2D eigenvalue weighted by Gasteiger charge is -1.99. The van der Waals surface area contributed by atoms with E-state index in [1.54, 1.807) is 13.8 Å². The molecule has 0 aliphatic heterocycles. The van der Waals surface area contributed by atoms with Crippen molar-refractivity contribution in [1.29, 1.82) is 0 Å². The van der Waals surface area contributed by atoms with Crippen molar-refractivity contribution in [2.45, 2.75) is 27.2 Å². The number of carbonyl (C=O) groups excluding carboxylic acids is 1. The van der Waals surface area contributed by atoms with Gasteiger partial charge in [0, 0.05) is 5.57 Å². The highest BCUT2D eigenvalue weighted by Gasteiger charge is 2.25. The summed E-state index contributed by atoms with van der Waals surface area (Å²) >= 11 is 0. The Labute approximate surface area is 76.8 Å². The van der Waals surface area contributed by atoms with Crippen LogP contribution in [0, 0.1) is 0 Å². The molecular formula is C10H12O3. The zero-order valence-electron chi connectivity index (χ0n) is 7.97. The van der Waals surface area contributed by atoms with E-state index in [1.165, 1.54) is 6.92 Å². The lowest BCUT2D eigenvalue weighted by molar-refractivity contribution is -0.132. The summed E-state index contributed by atoms with van der Waals surface area (Å²) in [5.41, 5.74) is 2.34. The van der Waals surface area contributed by atoms with Gasteiger partial charge in [-0.25, -0.2) is 4.79 Å². The van der Waals surface area contributed by atoms with Crippen molar-refractivity contribution >= 4 is 11.8 Å². The van der Waals surface area contributed by atoms with Gasteiger partial charge in [-0.3, -0.25) is 4.79 Å². The third-order valence-corrected chi connectivity index (χ3v) is 2.34. The second-order valence-electron chi connectivity index (χ2n) is 3.30. The number of carbonyl (C=O) groups is 2. The molecule has 70 valence electrons. The molecule has 0 spiro atoms. The molecule has 1 rings (SSSR count). The van der Waals surface area contributed by atoms with Crippen LogP contribution in [0.3, 0.4) is 0 Å². The van der Waals surface area contributed by atoms with Gasteiger partial charge in [0.2, 0.25) is 0 Å². The lowest BCUT2D eigenvalue weighted by atomic mass is 10.1. The fraction of sp³-hybridized carbons (Fsp3) is 0.400. The molecule has 0 aromatic heterocycles. The SMILES string of the molecule is CC(=O)C1=C(C)C(C(=O)O)=C(C)C1. The Bertz CT molecular complexity index is 345. The summed E-state index contributed by atoms with van der Waals surface area (Å²) in [5, 5.41) is 8.85. The van der Waals surface area contributed by atoms with Gasteiger partial charge in [0.15, 0.2) is 5.78 Å². The number of rotatable bonds is 2. The van der Waals surface area contributed by atoms with Crippen molar-refractivity contribution in [3.8, 4) is 0 Å². The van der Waals surface area contributed by atoms with Gasteiger partial charge < -0.3 is 5.11 Å². The van der Waals surface area contributed by atoms with Crippen molar-refractivity contribution < 1.29 is 14.7 Å². The van der Waals surface area contributed by atoms with Gasteiger partial charge in [0.05, 0.1) is 5.57 Å². The maximum absolute atomic E-state index is 11.1. The molecule has 13 heavy (non-hydrogen) atoms. The molecule has 3 heteroatoms. The summed E-state index contributed by atoms with van der Waals surface area (Å²) < 4.78 is 0. The van der Waals surface area contributed by atoms with E-state index < -0.39 is 5.97 Å². The first-order chi connectivity index (χ1) is 5.95. The monoisotopic (exact) mass is 180 g/mol. The van der Waals surface area contributed by atoms with E-state index in [0.717, 1.165) is 5.57 Å². The molecular weight excluding hydrogens is 168 g/mol. The van der Waals surface area contributed by atoms with E-state index in [-0.39, 0.29) is 5.78 Å². The fourth-order valence-electron chi connectivity index (χ4n) is 1.69. The molecule has 0 amide bonds. The molecule has 0 aromatic rings. The molecule has 0 radical (unpaired) electrons. The van der Waals surface area contributed by atoms with Gasteiger partial charge in [-0.05, 0) is 32.8 Å². The maximum atomic E-state index is 11.1. The summed E-state index contributed by atoms with van der Waals surface area (Å²) in [4.78, 5) is 21.9. The average Bonchev–Trinajstić information content (AvgIpc) is 2.26. The van der Waals surface area contributed by atoms with Gasteiger partial charge in [-0.2, -0.15) is 0 Å². The molecule has 0 atom stereocenters. The Morgan fingerprint density at radius 2 is 1.85 bits per heavy atom. The van der Waals surface area contributed by atoms with Crippen LogP contribution in [0.1, 0.15) is 27.2 Å². The van der Waals surface area contributed by atoms with Crippen molar-refractivity contribution in [3.63, 3.8) is 0 Å². The second-order valence-corrected chi connectivity index (χ2v) is 3.30. The normalized spacial score (nSPS) is 16.8. The second kappa shape index (κ2) is 3.17. The number of Topliss-reactive ketones (excluding diaryl/α,β-unsaturated/α-hetero) is 1. The molecule has 1 aliphatic rings. The minimum absolute atomic E-state index is 0.0342. The zero-order chi connectivity index (χ0) is 10.2. The van der Waals surface area contributed by atoms with E-state index in [0.29, 0.717) is 23.1 Å². The highest BCUT2D eigenvalue weighted by atomic mass is 16.4. The van der Waals surface area contributed by atoms with Gasteiger partial charge >= 0.3 is 5.97 Å². The Hall–Kier alpha value is -1.38. The molecule has 0 heterocycles. The number of allylic oxidation sites excluding steroid dienone is 2. The van der Waals surface area contributed by atoms with Gasteiger partial charge in [-0.15, -0.1) is 0 Å². The predicted octanol–water partition coefficient (Wildman–Crippen LogP) is 1.70. The molecule has 1 aliphatic carbocycles. The predicted molar refractivity (Wildman–Crippen MR) is 48.3 cm³/mol. The molecule has 0 fully saturated rings. The molecule has 1 N–H and O–H groups in total. The van der Waals surface area contributed by atoms with E-state index in [4.69, 9.17) is 5.11 Å². The third-order valence-electron chi connectivity index (χ3n) is 2.34. The van der Waals surface area contributed by atoms with Gasteiger partial charge in [0.1, 0.15) is 0 Å². The van der Waals surface area contributed by atoms with Gasteiger partial charge in [0.25, 0.3) is 0 Å². The Morgan fingerprint density at radius 3 is 2.08 bits per heavy atom. The summed E-state index contributed by atoms with van der Waals surface area (Å²) in [5.74, 6) is -0.973. The first kappa shape index (κ1) is 9.71. The largest absolute Gasteiger partial charge is 0.478 e. The van der Waals surface area contributed by atoms with Crippen LogP contribution < -0.4 is 0 Å². The van der Waals surface area contributed by atoms with Crippen LogP contribution in [0.4, 0.5) is 0 Å². The van der Waals surface area contributed by atoms with Crippen LogP contribution in [-0.4, -0.2) is 16.9 Å². The minimum Gasteiger partial charge on any atom is -0.478 e. The standard InChI is InChI=1S/C10H12O3/c1-5-4-8(7(3)11)6(2)9(5)10(12)13/h4H2,1-3H3,(H,12,13). The van der Waals surface area contributed by atoms with E-state index in [9.17, 15) is 9.59 Å². The number of carboxylic acid groups (broad SMARTS) is 1. The van der Waals surface area contributed by atoms with E-state index in [2.05, 4.69) is 0 Å². The summed E-state index contributed by atoms with van der Waals surface area (Å²) in [6, 6.07) is 0. The van der Waals surface area contributed by atoms with Crippen molar-refractivity contribution in [3.05, 3.63) is 22.3 Å². The molecule has 0 saturated carbocycles. The van der Waals surface area contributed by atoms with E-state index in [1.807, 2.05) is 0 Å². The minimum atomic E-state index is -0.939. The van der Waals surface area contributed by atoms with Crippen LogP contribution in [-0.2, 0) is 9.59 Å². The molecule has 0 saturated heterocycles. The molecule has 0 bridgehead atoms. The topological polar surface area (TPSA) is 54.4 Å². The third kappa shape index (κ3) is 1.54. The number of carboxylic acids is 1. The van der Waals surface area contributed by atoms with Crippen LogP contribution in [0.25, 0.3) is 0 Å². The van der Waals surface area contributed by atoms with E-state index >= 15 is 0 Å². The van der Waals surface area contributed by atoms with Crippen molar-refractivity contribution in [1.82, 2.24) is 0 Å². The first-order valence-electron chi connectivity index (χ1n) is 4.09. The quantitative estimate of drug-likeness (QED) is 0.703. The van der Waals surface area contributed by atoms with Gasteiger partial charge in [-0.1, -0.05) is 5.57 Å². The van der Waals surface area contributed by atoms with Crippen molar-refractivity contribution in [2.24, 2.45) is 0 Å². The summed E-state index contributed by atoms with van der Waals surface area (Å²) in [6.45, 7) is 4.91. The molecule has 0 aromatic carbocycles. The maximum Gasteiger partial charge on any atom is 0.335 e. The Kier molecular flexibility index (Phi) is 2.36. The Morgan fingerprint density at radius 1 is 1.31 bits per heavy atom. The summed E-state index contributed by atoms with van der Waals surface area (Å²) in [7, 11) is 0. The smallest absolute Gasteiger partial charge is 0.335 e. The van der Waals surface area contributed by atoms with Crippen molar-refractivity contribution in [2.75, 3.05) is 0 Å². The average molecular weight is 180 g/mol.